The molecular formula is C14H19NO2. The summed E-state index contributed by atoms with van der Waals surface area (Å²) < 4.78 is 10.6. The molecule has 0 saturated heterocycles. The lowest BCUT2D eigenvalue weighted by molar-refractivity contribution is 0.284. The Balaban J connectivity index is 2.29. The Labute approximate surface area is 103 Å². The van der Waals surface area contributed by atoms with Gasteiger partial charge in [0.25, 0.3) is 0 Å². The topological polar surface area (TPSA) is 42.2 Å². The maximum Gasteiger partial charge on any atom is 0.119 e. The van der Waals surface area contributed by atoms with Crippen LogP contribution in [-0.2, 0) is 0 Å². The van der Waals surface area contributed by atoms with E-state index in [2.05, 4.69) is 6.07 Å². The summed E-state index contributed by atoms with van der Waals surface area (Å²) in [6.45, 7) is 4.53. The summed E-state index contributed by atoms with van der Waals surface area (Å²) in [4.78, 5) is 0. The molecule has 92 valence electrons. The average molecular weight is 233 g/mol. The van der Waals surface area contributed by atoms with Crippen molar-refractivity contribution in [1.29, 1.82) is 5.26 Å². The van der Waals surface area contributed by atoms with Crippen molar-refractivity contribution in [2.45, 2.75) is 26.7 Å². The maximum atomic E-state index is 8.86. The van der Waals surface area contributed by atoms with E-state index in [1.165, 1.54) is 0 Å². The van der Waals surface area contributed by atoms with Gasteiger partial charge in [0.05, 0.1) is 25.2 Å². The fourth-order valence-corrected chi connectivity index (χ4v) is 1.43. The number of rotatable bonds is 6. The largest absolute Gasteiger partial charge is 0.497 e. The Kier molecular flexibility index (Phi) is 4.84. The van der Waals surface area contributed by atoms with Crippen molar-refractivity contribution in [3.8, 4) is 17.6 Å². The van der Waals surface area contributed by atoms with Crippen LogP contribution in [0.1, 0.15) is 26.7 Å². The highest BCUT2D eigenvalue weighted by atomic mass is 16.5. The zero-order valence-corrected chi connectivity index (χ0v) is 10.7. The Hall–Kier alpha value is -1.69. The Morgan fingerprint density at radius 2 is 1.76 bits per heavy atom. The molecule has 0 spiro atoms. The van der Waals surface area contributed by atoms with Crippen molar-refractivity contribution in [3.63, 3.8) is 0 Å². The van der Waals surface area contributed by atoms with E-state index in [1.807, 2.05) is 38.1 Å². The van der Waals surface area contributed by atoms with E-state index in [0.717, 1.165) is 24.3 Å². The summed E-state index contributed by atoms with van der Waals surface area (Å²) in [5.74, 6) is 1.66. The van der Waals surface area contributed by atoms with E-state index < -0.39 is 0 Å². The molecule has 0 N–H and O–H groups in total. The van der Waals surface area contributed by atoms with Gasteiger partial charge in [0, 0.05) is 0 Å². The first kappa shape index (κ1) is 13.4. The van der Waals surface area contributed by atoms with Gasteiger partial charge in [-0.1, -0.05) is 0 Å². The lowest BCUT2D eigenvalue weighted by Crippen LogP contribution is -2.10. The molecule has 0 unspecified atom stereocenters. The standard InChI is InChI=1S/C14H19NO2/c1-14(2,11-15)9-4-10-17-13-7-5-12(16-3)6-8-13/h5-8H,4,9-10H2,1-3H3. The molecule has 0 aliphatic heterocycles. The number of nitrogens with zero attached hydrogens (tertiary/aromatic N) is 1. The fraction of sp³-hybridized carbons (Fsp3) is 0.500. The summed E-state index contributed by atoms with van der Waals surface area (Å²) in [5, 5.41) is 8.86. The molecule has 0 aliphatic carbocycles. The molecule has 1 aromatic carbocycles. The van der Waals surface area contributed by atoms with Crippen LogP contribution >= 0.6 is 0 Å². The van der Waals surface area contributed by atoms with Crippen molar-refractivity contribution < 1.29 is 9.47 Å². The van der Waals surface area contributed by atoms with E-state index in [-0.39, 0.29) is 5.41 Å². The third-order valence-electron chi connectivity index (χ3n) is 2.58. The number of nitriles is 1. The van der Waals surface area contributed by atoms with E-state index >= 15 is 0 Å². The van der Waals surface area contributed by atoms with Crippen molar-refractivity contribution in [3.05, 3.63) is 24.3 Å². The van der Waals surface area contributed by atoms with Crippen LogP contribution in [0.5, 0.6) is 11.5 Å². The Morgan fingerprint density at radius 3 is 2.29 bits per heavy atom. The smallest absolute Gasteiger partial charge is 0.119 e. The molecule has 17 heavy (non-hydrogen) atoms. The Morgan fingerprint density at radius 1 is 1.18 bits per heavy atom. The average Bonchev–Trinajstić information content (AvgIpc) is 2.35. The summed E-state index contributed by atoms with van der Waals surface area (Å²) in [7, 11) is 1.64. The van der Waals surface area contributed by atoms with Gasteiger partial charge < -0.3 is 9.47 Å². The van der Waals surface area contributed by atoms with Gasteiger partial charge in [-0.05, 0) is 51.0 Å². The van der Waals surface area contributed by atoms with Gasteiger partial charge in [-0.25, -0.2) is 0 Å². The van der Waals surface area contributed by atoms with Crippen LogP contribution in [0.2, 0.25) is 0 Å². The van der Waals surface area contributed by atoms with Crippen LogP contribution in [0, 0.1) is 16.7 Å². The fourth-order valence-electron chi connectivity index (χ4n) is 1.43. The maximum absolute atomic E-state index is 8.86. The molecule has 1 aromatic rings. The highest BCUT2D eigenvalue weighted by Crippen LogP contribution is 2.21. The lowest BCUT2D eigenvalue weighted by atomic mass is 9.90. The molecule has 0 aromatic heterocycles. The monoisotopic (exact) mass is 233 g/mol. The third kappa shape index (κ3) is 4.78. The van der Waals surface area contributed by atoms with Gasteiger partial charge in [0.2, 0.25) is 0 Å². The van der Waals surface area contributed by atoms with Crippen LogP contribution in [0.3, 0.4) is 0 Å². The van der Waals surface area contributed by atoms with Crippen LogP contribution in [0.15, 0.2) is 24.3 Å². The number of benzene rings is 1. The molecule has 0 fully saturated rings. The minimum atomic E-state index is -0.261. The van der Waals surface area contributed by atoms with Crippen molar-refractivity contribution in [2.75, 3.05) is 13.7 Å². The molecule has 0 heterocycles. The van der Waals surface area contributed by atoms with Gasteiger partial charge in [0.1, 0.15) is 11.5 Å². The van der Waals surface area contributed by atoms with Crippen molar-refractivity contribution in [1.82, 2.24) is 0 Å². The van der Waals surface area contributed by atoms with Crippen LogP contribution in [-0.4, -0.2) is 13.7 Å². The molecule has 3 heteroatoms. The summed E-state index contributed by atoms with van der Waals surface area (Å²) in [6.07, 6.45) is 1.73. The van der Waals surface area contributed by atoms with E-state index in [9.17, 15) is 0 Å². The zero-order chi connectivity index (χ0) is 12.7. The molecule has 0 bridgehead atoms. The first-order valence-electron chi connectivity index (χ1n) is 5.75. The minimum Gasteiger partial charge on any atom is -0.497 e. The van der Waals surface area contributed by atoms with E-state index in [4.69, 9.17) is 14.7 Å². The van der Waals surface area contributed by atoms with E-state index in [0.29, 0.717) is 6.61 Å². The minimum absolute atomic E-state index is 0.261. The van der Waals surface area contributed by atoms with Crippen LogP contribution in [0.25, 0.3) is 0 Å². The highest BCUT2D eigenvalue weighted by Gasteiger charge is 2.15. The summed E-state index contributed by atoms with van der Waals surface area (Å²) in [5.41, 5.74) is -0.261. The lowest BCUT2D eigenvalue weighted by Gasteiger charge is -2.14. The quantitative estimate of drug-likeness (QED) is 0.707. The first-order chi connectivity index (χ1) is 8.07. The predicted molar refractivity (Wildman–Crippen MR) is 67.1 cm³/mol. The molecule has 3 nitrogen and oxygen atoms in total. The molecule has 0 amide bonds. The zero-order valence-electron chi connectivity index (χ0n) is 10.7. The highest BCUT2D eigenvalue weighted by molar-refractivity contribution is 5.31. The van der Waals surface area contributed by atoms with Crippen LogP contribution < -0.4 is 9.47 Å². The van der Waals surface area contributed by atoms with Crippen molar-refractivity contribution in [2.24, 2.45) is 5.41 Å². The number of hydrogen-bond acceptors (Lipinski definition) is 3. The number of hydrogen-bond donors (Lipinski definition) is 0. The van der Waals surface area contributed by atoms with E-state index in [1.54, 1.807) is 7.11 Å². The van der Waals surface area contributed by atoms with Crippen molar-refractivity contribution >= 4 is 0 Å². The number of methoxy groups -OCH3 is 1. The second-order valence-electron chi connectivity index (χ2n) is 4.62. The van der Waals surface area contributed by atoms with Gasteiger partial charge in [0.15, 0.2) is 0 Å². The molecule has 0 atom stereocenters. The van der Waals surface area contributed by atoms with Gasteiger partial charge >= 0.3 is 0 Å². The molecule has 1 rings (SSSR count). The van der Waals surface area contributed by atoms with Gasteiger partial charge in [-0.2, -0.15) is 5.26 Å². The first-order valence-corrected chi connectivity index (χ1v) is 5.75. The number of ether oxygens (including phenoxy) is 2. The van der Waals surface area contributed by atoms with Gasteiger partial charge in [-0.15, -0.1) is 0 Å². The molecule has 0 saturated carbocycles. The second-order valence-corrected chi connectivity index (χ2v) is 4.62. The summed E-state index contributed by atoms with van der Waals surface area (Å²) in [6, 6.07) is 9.79. The SMILES string of the molecule is COc1ccc(OCCCC(C)(C)C#N)cc1. The van der Waals surface area contributed by atoms with Crippen LogP contribution in [0.4, 0.5) is 0 Å². The molecule has 0 aliphatic rings. The Bertz CT molecular complexity index is 376. The second kappa shape index (κ2) is 6.15. The normalized spacial score (nSPS) is 10.7. The predicted octanol–water partition coefficient (Wildman–Crippen LogP) is 3.40. The molecule has 0 radical (unpaired) electrons. The van der Waals surface area contributed by atoms with Gasteiger partial charge in [-0.3, -0.25) is 0 Å². The summed E-state index contributed by atoms with van der Waals surface area (Å²) >= 11 is 0. The third-order valence-corrected chi connectivity index (χ3v) is 2.58. The molecular weight excluding hydrogens is 214 g/mol.